The van der Waals surface area contributed by atoms with E-state index in [0.29, 0.717) is 31.7 Å². The lowest BCUT2D eigenvalue weighted by Crippen LogP contribution is -2.39. The molecule has 0 N–H and O–H groups in total. The first kappa shape index (κ1) is 22.4. The first-order valence-corrected chi connectivity index (χ1v) is 10.9. The van der Waals surface area contributed by atoms with Crippen molar-refractivity contribution in [1.82, 2.24) is 24.9 Å². The quantitative estimate of drug-likeness (QED) is 0.558. The number of nitrogens with zero attached hydrogens (tertiary/aromatic N) is 5. The number of hydrogen-bond acceptors (Lipinski definition) is 7. The van der Waals surface area contributed by atoms with Gasteiger partial charge in [0.2, 0.25) is 11.8 Å². The molecule has 164 valence electrons. The zero-order valence-corrected chi connectivity index (χ0v) is 18.1. The van der Waals surface area contributed by atoms with Crippen LogP contribution in [-0.2, 0) is 22.5 Å². The van der Waals surface area contributed by atoms with Crippen LogP contribution < -0.4 is 0 Å². The Hall–Kier alpha value is -2.32. The number of rotatable bonds is 11. The average Bonchev–Trinajstić information content (AvgIpc) is 3.24. The van der Waals surface area contributed by atoms with Crippen LogP contribution in [0.3, 0.4) is 0 Å². The fraction of sp³-hybridized carbons (Fsp3) is 0.636. The normalized spacial score (nSPS) is 14.9. The summed E-state index contributed by atoms with van der Waals surface area (Å²) in [6, 6.07) is 3.93. The van der Waals surface area contributed by atoms with Gasteiger partial charge in [-0.15, -0.1) is 0 Å². The van der Waals surface area contributed by atoms with Gasteiger partial charge in [0, 0.05) is 63.9 Å². The van der Waals surface area contributed by atoms with E-state index in [1.807, 2.05) is 30.9 Å². The minimum absolute atomic E-state index is 0.164. The van der Waals surface area contributed by atoms with Gasteiger partial charge in [-0.1, -0.05) is 19.0 Å². The van der Waals surface area contributed by atoms with E-state index in [1.54, 1.807) is 12.4 Å². The molecule has 1 saturated heterocycles. The van der Waals surface area contributed by atoms with Crippen molar-refractivity contribution in [3.05, 3.63) is 41.8 Å². The predicted octanol–water partition coefficient (Wildman–Crippen LogP) is 2.66. The van der Waals surface area contributed by atoms with Gasteiger partial charge in [-0.3, -0.25) is 14.7 Å². The number of amides is 1. The number of carbonyl (C=O) groups excluding carboxylic acids is 1. The monoisotopic (exact) mass is 415 g/mol. The number of carbonyl (C=O) groups is 1. The minimum atomic E-state index is 0.164. The van der Waals surface area contributed by atoms with Gasteiger partial charge in [-0.25, -0.2) is 0 Å². The molecule has 1 aliphatic rings. The molecule has 1 amide bonds. The molecule has 1 fully saturated rings. The van der Waals surface area contributed by atoms with Gasteiger partial charge < -0.3 is 14.2 Å². The minimum Gasteiger partial charge on any atom is -0.379 e. The average molecular weight is 416 g/mol. The van der Waals surface area contributed by atoms with Crippen molar-refractivity contribution in [2.75, 3.05) is 39.4 Å². The molecule has 3 heterocycles. The molecule has 3 rings (SSSR count). The summed E-state index contributed by atoms with van der Waals surface area (Å²) in [6.07, 6.45) is 6.30. The van der Waals surface area contributed by atoms with Crippen molar-refractivity contribution >= 4 is 5.91 Å². The molecule has 2 aromatic heterocycles. The highest BCUT2D eigenvalue weighted by molar-refractivity contribution is 5.76. The third kappa shape index (κ3) is 7.18. The van der Waals surface area contributed by atoms with E-state index < -0.39 is 0 Å². The Balaban J connectivity index is 1.49. The lowest BCUT2D eigenvalue weighted by molar-refractivity contribution is -0.132. The van der Waals surface area contributed by atoms with Gasteiger partial charge in [0.25, 0.3) is 0 Å². The van der Waals surface area contributed by atoms with Gasteiger partial charge in [-0.05, 0) is 30.5 Å². The van der Waals surface area contributed by atoms with Gasteiger partial charge in [0.05, 0.1) is 13.2 Å². The standard InChI is InChI=1S/C22H33N5O3/c1-18(2)22-24-20(30-25-22)5-3-6-21(28)27(17-19-7-9-23-10-8-19)12-4-11-26-13-15-29-16-14-26/h7-10,18H,3-6,11-17H2,1-2H3. The first-order valence-electron chi connectivity index (χ1n) is 10.9. The topological polar surface area (TPSA) is 84.6 Å². The van der Waals surface area contributed by atoms with Crippen molar-refractivity contribution < 1.29 is 14.1 Å². The Labute approximate surface area is 178 Å². The lowest BCUT2D eigenvalue weighted by Gasteiger charge is -2.28. The number of pyridine rings is 1. The molecule has 0 aliphatic carbocycles. The molecule has 1 aliphatic heterocycles. The van der Waals surface area contributed by atoms with E-state index in [1.165, 1.54) is 0 Å². The molecule has 0 spiro atoms. The smallest absolute Gasteiger partial charge is 0.226 e. The molecule has 0 bridgehead atoms. The molecule has 0 atom stereocenters. The lowest BCUT2D eigenvalue weighted by atomic mass is 10.2. The van der Waals surface area contributed by atoms with Crippen molar-refractivity contribution in [2.24, 2.45) is 0 Å². The molecule has 0 unspecified atom stereocenters. The van der Waals surface area contributed by atoms with Gasteiger partial charge in [0.1, 0.15) is 0 Å². The largest absolute Gasteiger partial charge is 0.379 e. The Bertz CT molecular complexity index is 759. The molecule has 0 saturated carbocycles. The van der Waals surface area contributed by atoms with E-state index in [4.69, 9.17) is 9.26 Å². The first-order chi connectivity index (χ1) is 14.6. The maximum Gasteiger partial charge on any atom is 0.226 e. The summed E-state index contributed by atoms with van der Waals surface area (Å²) in [5, 5.41) is 3.99. The molecular formula is C22H33N5O3. The molecule has 0 aromatic carbocycles. The fourth-order valence-electron chi connectivity index (χ4n) is 3.46. The fourth-order valence-corrected chi connectivity index (χ4v) is 3.46. The van der Waals surface area contributed by atoms with E-state index >= 15 is 0 Å². The summed E-state index contributed by atoms with van der Waals surface area (Å²) in [5.74, 6) is 1.74. The molecule has 30 heavy (non-hydrogen) atoms. The maximum absolute atomic E-state index is 12.9. The van der Waals surface area contributed by atoms with Crippen molar-refractivity contribution in [1.29, 1.82) is 0 Å². The summed E-state index contributed by atoms with van der Waals surface area (Å²) in [6.45, 7) is 9.96. The highest BCUT2D eigenvalue weighted by atomic mass is 16.5. The van der Waals surface area contributed by atoms with Crippen molar-refractivity contribution in [3.63, 3.8) is 0 Å². The molecular weight excluding hydrogens is 382 g/mol. The van der Waals surface area contributed by atoms with Crippen LogP contribution in [0.25, 0.3) is 0 Å². The Morgan fingerprint density at radius 3 is 2.67 bits per heavy atom. The summed E-state index contributed by atoms with van der Waals surface area (Å²) < 4.78 is 10.7. The summed E-state index contributed by atoms with van der Waals surface area (Å²) in [5.41, 5.74) is 1.10. The van der Waals surface area contributed by atoms with Crippen molar-refractivity contribution in [2.45, 2.75) is 52.0 Å². The number of hydrogen-bond donors (Lipinski definition) is 0. The third-order valence-corrected chi connectivity index (χ3v) is 5.26. The Morgan fingerprint density at radius 2 is 1.97 bits per heavy atom. The van der Waals surface area contributed by atoms with Crippen LogP contribution in [0.15, 0.2) is 29.0 Å². The molecule has 8 nitrogen and oxygen atoms in total. The number of aromatic nitrogens is 3. The maximum atomic E-state index is 12.9. The number of morpholine rings is 1. The third-order valence-electron chi connectivity index (χ3n) is 5.26. The van der Waals surface area contributed by atoms with Crippen LogP contribution in [0.2, 0.25) is 0 Å². The van der Waals surface area contributed by atoms with E-state index in [9.17, 15) is 4.79 Å². The van der Waals surface area contributed by atoms with Gasteiger partial charge >= 0.3 is 0 Å². The molecule has 0 radical (unpaired) electrons. The summed E-state index contributed by atoms with van der Waals surface area (Å²) >= 11 is 0. The van der Waals surface area contributed by atoms with Crippen LogP contribution in [-0.4, -0.2) is 70.2 Å². The van der Waals surface area contributed by atoms with Crippen LogP contribution in [0, 0.1) is 0 Å². The second-order valence-corrected chi connectivity index (χ2v) is 8.03. The zero-order valence-electron chi connectivity index (χ0n) is 18.1. The highest BCUT2D eigenvalue weighted by Gasteiger charge is 2.17. The second-order valence-electron chi connectivity index (χ2n) is 8.03. The van der Waals surface area contributed by atoms with E-state index in [0.717, 1.165) is 57.2 Å². The summed E-state index contributed by atoms with van der Waals surface area (Å²) in [4.78, 5) is 25.8. The van der Waals surface area contributed by atoms with Crippen LogP contribution in [0.1, 0.15) is 56.3 Å². The highest BCUT2D eigenvalue weighted by Crippen LogP contribution is 2.13. The molecule has 2 aromatic rings. The Morgan fingerprint density at radius 1 is 1.20 bits per heavy atom. The van der Waals surface area contributed by atoms with Gasteiger partial charge in [0.15, 0.2) is 5.82 Å². The number of ether oxygens (including phenoxy) is 1. The second kappa shape index (κ2) is 11.8. The SMILES string of the molecule is CC(C)c1noc(CCCC(=O)N(CCCN2CCOCC2)Cc2ccncc2)n1. The van der Waals surface area contributed by atoms with E-state index in [2.05, 4.69) is 20.0 Å². The van der Waals surface area contributed by atoms with E-state index in [-0.39, 0.29) is 11.8 Å². The molecule has 8 heteroatoms. The Kier molecular flexibility index (Phi) is 8.77. The summed E-state index contributed by atoms with van der Waals surface area (Å²) in [7, 11) is 0. The predicted molar refractivity (Wildman–Crippen MR) is 113 cm³/mol. The van der Waals surface area contributed by atoms with Crippen LogP contribution >= 0.6 is 0 Å². The van der Waals surface area contributed by atoms with Crippen LogP contribution in [0.5, 0.6) is 0 Å². The van der Waals surface area contributed by atoms with Crippen LogP contribution in [0.4, 0.5) is 0 Å². The number of aryl methyl sites for hydroxylation is 1. The zero-order chi connectivity index (χ0) is 21.2. The van der Waals surface area contributed by atoms with Gasteiger partial charge in [-0.2, -0.15) is 4.98 Å². The van der Waals surface area contributed by atoms with Crippen molar-refractivity contribution in [3.8, 4) is 0 Å².